The summed E-state index contributed by atoms with van der Waals surface area (Å²) >= 11 is 0. The zero-order valence-corrected chi connectivity index (χ0v) is 22.1. The second-order valence-electron chi connectivity index (χ2n) is 9.24. The summed E-state index contributed by atoms with van der Waals surface area (Å²) in [5.41, 5.74) is 2.84. The van der Waals surface area contributed by atoms with Gasteiger partial charge in [-0.05, 0) is 16.7 Å². The zero-order valence-electron chi connectivity index (χ0n) is 22.1. The van der Waals surface area contributed by atoms with E-state index in [2.05, 4.69) is 0 Å². The molecule has 1 aliphatic heterocycles. The molecule has 0 aliphatic carbocycles. The van der Waals surface area contributed by atoms with Crippen LogP contribution in [0.3, 0.4) is 0 Å². The van der Waals surface area contributed by atoms with Gasteiger partial charge in [0.15, 0.2) is 0 Å². The number of rotatable bonds is 12. The Labute approximate surface area is 228 Å². The molecule has 3 aromatic carbocycles. The monoisotopic (exact) mass is 534 g/mol. The number of hydrogen-bond acceptors (Lipinski definition) is 8. The lowest BCUT2D eigenvalue weighted by Gasteiger charge is -2.45. The normalized spacial score (nSPS) is 22.7. The summed E-state index contributed by atoms with van der Waals surface area (Å²) in [6.45, 7) is 3.27. The Balaban J connectivity index is 1.64. The Bertz CT molecular complexity index is 1150. The number of ether oxygens (including phenoxy) is 6. The van der Waals surface area contributed by atoms with Crippen LogP contribution < -0.4 is 0 Å². The highest BCUT2D eigenvalue weighted by atomic mass is 16.7. The van der Waals surface area contributed by atoms with E-state index in [0.717, 1.165) is 16.7 Å². The molecule has 1 saturated heterocycles. The molecule has 1 fully saturated rings. The molecule has 39 heavy (non-hydrogen) atoms. The predicted octanol–water partition coefficient (Wildman–Crippen LogP) is 4.59. The molecule has 3 unspecified atom stereocenters. The van der Waals surface area contributed by atoms with Gasteiger partial charge >= 0.3 is 11.9 Å². The molecule has 1 heterocycles. The van der Waals surface area contributed by atoms with Crippen molar-refractivity contribution in [2.45, 2.75) is 64.4 Å². The third-order valence-corrected chi connectivity index (χ3v) is 6.18. The summed E-state index contributed by atoms with van der Waals surface area (Å²) in [7, 11) is 0. The van der Waals surface area contributed by atoms with Crippen molar-refractivity contribution in [3.8, 4) is 0 Å². The maximum absolute atomic E-state index is 12.1. The maximum atomic E-state index is 12.1. The molecule has 0 aromatic heterocycles. The fraction of sp³-hybridized carbons (Fsp3) is 0.355. The number of esters is 2. The van der Waals surface area contributed by atoms with Crippen LogP contribution in [0, 0.1) is 0 Å². The van der Waals surface area contributed by atoms with Crippen molar-refractivity contribution in [3.05, 3.63) is 108 Å². The Morgan fingerprint density at radius 3 is 1.49 bits per heavy atom. The summed E-state index contributed by atoms with van der Waals surface area (Å²) in [6.07, 6.45) is -4.15. The summed E-state index contributed by atoms with van der Waals surface area (Å²) in [6, 6.07) is 29.1. The molecule has 8 heteroatoms. The first-order valence-electron chi connectivity index (χ1n) is 12.9. The Morgan fingerprint density at radius 2 is 1.05 bits per heavy atom. The Morgan fingerprint density at radius 1 is 0.615 bits per heavy atom. The van der Waals surface area contributed by atoms with E-state index in [-0.39, 0.29) is 26.4 Å². The molecule has 0 bridgehead atoms. The van der Waals surface area contributed by atoms with Crippen LogP contribution >= 0.6 is 0 Å². The Hall–Kier alpha value is -3.56. The molecule has 0 radical (unpaired) electrons. The molecule has 0 saturated carbocycles. The molecule has 4 rings (SSSR count). The van der Waals surface area contributed by atoms with Crippen molar-refractivity contribution >= 4 is 11.9 Å². The molecular weight excluding hydrogens is 500 g/mol. The lowest BCUT2D eigenvalue weighted by atomic mass is 9.97. The average molecular weight is 535 g/mol. The predicted molar refractivity (Wildman–Crippen MR) is 142 cm³/mol. The van der Waals surface area contributed by atoms with Crippen molar-refractivity contribution in [2.24, 2.45) is 0 Å². The van der Waals surface area contributed by atoms with Gasteiger partial charge in [0.25, 0.3) is 0 Å². The second-order valence-corrected chi connectivity index (χ2v) is 9.24. The molecule has 1 aliphatic rings. The minimum absolute atomic E-state index is 0.108. The van der Waals surface area contributed by atoms with Gasteiger partial charge in [-0.3, -0.25) is 9.59 Å². The zero-order chi connectivity index (χ0) is 27.5. The van der Waals surface area contributed by atoms with Crippen molar-refractivity contribution in [3.63, 3.8) is 0 Å². The first kappa shape index (κ1) is 28.4. The lowest BCUT2D eigenvalue weighted by Crippen LogP contribution is -2.62. The van der Waals surface area contributed by atoms with Crippen molar-refractivity contribution < 1.29 is 38.0 Å². The van der Waals surface area contributed by atoms with Crippen LogP contribution in [0.25, 0.3) is 0 Å². The van der Waals surface area contributed by atoms with Gasteiger partial charge in [0.05, 0.1) is 19.8 Å². The van der Waals surface area contributed by atoms with E-state index in [4.69, 9.17) is 28.4 Å². The molecule has 0 N–H and O–H groups in total. The first-order valence-corrected chi connectivity index (χ1v) is 12.9. The molecular formula is C31H34O8. The summed E-state index contributed by atoms with van der Waals surface area (Å²) < 4.78 is 36.2. The highest BCUT2D eigenvalue weighted by Gasteiger charge is 2.50. The van der Waals surface area contributed by atoms with Crippen molar-refractivity contribution in [1.29, 1.82) is 0 Å². The van der Waals surface area contributed by atoms with Crippen LogP contribution in [-0.2, 0) is 57.8 Å². The molecule has 206 valence electrons. The number of hydrogen-bond donors (Lipinski definition) is 0. The molecule has 8 nitrogen and oxygen atoms in total. The number of carbonyl (C=O) groups excluding carboxylic acids is 2. The van der Waals surface area contributed by atoms with E-state index in [1.54, 1.807) is 0 Å². The van der Waals surface area contributed by atoms with Gasteiger partial charge in [0, 0.05) is 13.8 Å². The quantitative estimate of drug-likeness (QED) is 0.312. The highest BCUT2D eigenvalue weighted by molar-refractivity contribution is 5.66. The number of carbonyl (C=O) groups is 2. The average Bonchev–Trinajstić information content (AvgIpc) is 2.95. The second kappa shape index (κ2) is 14.6. The fourth-order valence-electron chi connectivity index (χ4n) is 4.34. The van der Waals surface area contributed by atoms with Gasteiger partial charge in [-0.1, -0.05) is 91.0 Å². The standard InChI is InChI=1S/C31H34O8/c1-22(32)34-21-27-28(35-18-24-12-6-3-7-13-24)29(36-19-25-14-8-4-9-15-25)30(31(39-27)38-23(2)33)37-20-26-16-10-5-11-17-26/h3-17,27-31H,18-21H2,1-2H3/t27?,28-,29-,30?,31?/m1/s1. The molecule has 5 atom stereocenters. The van der Waals surface area contributed by atoms with E-state index in [0.29, 0.717) is 0 Å². The van der Waals surface area contributed by atoms with Crippen molar-refractivity contribution in [1.82, 2.24) is 0 Å². The summed E-state index contributed by atoms with van der Waals surface area (Å²) in [5.74, 6) is -1.00. The molecule has 0 spiro atoms. The topological polar surface area (TPSA) is 89.5 Å². The summed E-state index contributed by atoms with van der Waals surface area (Å²) in [5, 5.41) is 0. The lowest BCUT2D eigenvalue weighted by molar-refractivity contribution is -0.318. The van der Waals surface area contributed by atoms with Gasteiger partial charge in [0.2, 0.25) is 6.29 Å². The van der Waals surface area contributed by atoms with Gasteiger partial charge in [-0.15, -0.1) is 0 Å². The molecule has 3 aromatic rings. The SMILES string of the molecule is CC(=O)OCC1OC(OC(C)=O)C(OCc2ccccc2)[C@H](OCc2ccccc2)[C@@H]1OCc1ccccc1. The maximum Gasteiger partial charge on any atom is 0.305 e. The van der Waals surface area contributed by atoms with Crippen LogP contribution in [0.5, 0.6) is 0 Å². The van der Waals surface area contributed by atoms with Crippen LogP contribution in [0.1, 0.15) is 30.5 Å². The summed E-state index contributed by atoms with van der Waals surface area (Å²) in [4.78, 5) is 23.8. The largest absolute Gasteiger partial charge is 0.463 e. The van der Waals surface area contributed by atoms with Gasteiger partial charge in [0.1, 0.15) is 31.0 Å². The third kappa shape index (κ3) is 8.73. The minimum Gasteiger partial charge on any atom is -0.463 e. The highest BCUT2D eigenvalue weighted by Crippen LogP contribution is 2.31. The van der Waals surface area contributed by atoms with Crippen molar-refractivity contribution in [2.75, 3.05) is 6.61 Å². The van der Waals surface area contributed by atoms with Crippen LogP contribution in [0.15, 0.2) is 91.0 Å². The van der Waals surface area contributed by atoms with E-state index in [9.17, 15) is 9.59 Å². The third-order valence-electron chi connectivity index (χ3n) is 6.18. The van der Waals surface area contributed by atoms with E-state index in [1.165, 1.54) is 13.8 Å². The molecule has 0 amide bonds. The van der Waals surface area contributed by atoms with Gasteiger partial charge in [-0.25, -0.2) is 0 Å². The minimum atomic E-state index is -1.11. The fourth-order valence-corrected chi connectivity index (χ4v) is 4.34. The smallest absolute Gasteiger partial charge is 0.305 e. The van der Waals surface area contributed by atoms with E-state index < -0.39 is 42.6 Å². The van der Waals surface area contributed by atoms with E-state index >= 15 is 0 Å². The van der Waals surface area contributed by atoms with Gasteiger partial charge in [-0.2, -0.15) is 0 Å². The van der Waals surface area contributed by atoms with Crippen LogP contribution in [0.4, 0.5) is 0 Å². The Kier molecular flexibility index (Phi) is 10.6. The number of benzene rings is 3. The van der Waals surface area contributed by atoms with Crippen LogP contribution in [0.2, 0.25) is 0 Å². The van der Waals surface area contributed by atoms with E-state index in [1.807, 2.05) is 91.0 Å². The van der Waals surface area contributed by atoms with Crippen LogP contribution in [-0.4, -0.2) is 49.3 Å². The first-order chi connectivity index (χ1) is 19.0. The van der Waals surface area contributed by atoms with Gasteiger partial charge < -0.3 is 28.4 Å².